The van der Waals surface area contributed by atoms with Crippen LogP contribution in [0, 0.1) is 18.3 Å². The van der Waals surface area contributed by atoms with Gasteiger partial charge in [-0.2, -0.15) is 5.26 Å². The van der Waals surface area contributed by atoms with Crippen LogP contribution in [0.1, 0.15) is 36.5 Å². The highest BCUT2D eigenvalue weighted by Crippen LogP contribution is 2.38. The first-order chi connectivity index (χ1) is 19.1. The fraction of sp³-hybridized carbons (Fsp3) is 0.429. The van der Waals surface area contributed by atoms with E-state index in [0.717, 1.165) is 30.5 Å². The third-order valence-corrected chi connectivity index (χ3v) is 10.7. The predicted molar refractivity (Wildman–Crippen MR) is 163 cm³/mol. The van der Waals surface area contributed by atoms with Gasteiger partial charge in [-0.1, -0.05) is 49.1 Å². The first kappa shape index (κ1) is 28.4. The maximum atomic E-state index is 13.5. The van der Waals surface area contributed by atoms with Crippen LogP contribution in [0.15, 0.2) is 40.0 Å². The standard InChI is InChI=1S/C28H31N5O4S3/c1-3-10-32-25(31-13-11-30(12-14-31)20-7-5-4-6-8-20)22(19(2)23(17-29)26(32)34)16-24-27(35)33(28(38)39-24)21-9-15-40(36,37)18-21/h4-8,16,21H,3,9-15,18H2,1-2H3/b24-16-. The molecule has 1 aromatic carbocycles. The van der Waals surface area contributed by atoms with Gasteiger partial charge in [-0.15, -0.1) is 0 Å². The number of sulfone groups is 1. The number of nitrogens with zero attached hydrogens (tertiary/aromatic N) is 5. The van der Waals surface area contributed by atoms with Crippen molar-refractivity contribution < 1.29 is 13.2 Å². The topological polar surface area (TPSA) is 107 Å². The van der Waals surface area contributed by atoms with Crippen molar-refractivity contribution in [2.45, 2.75) is 39.3 Å². The number of pyridine rings is 1. The van der Waals surface area contributed by atoms with Gasteiger partial charge in [0.2, 0.25) is 0 Å². The van der Waals surface area contributed by atoms with Crippen molar-refractivity contribution in [1.82, 2.24) is 9.47 Å². The molecule has 40 heavy (non-hydrogen) atoms. The van der Waals surface area contributed by atoms with Crippen LogP contribution in [0.3, 0.4) is 0 Å². The summed E-state index contributed by atoms with van der Waals surface area (Å²) in [5.74, 6) is 0.315. The van der Waals surface area contributed by atoms with Gasteiger partial charge in [0.25, 0.3) is 11.5 Å². The SMILES string of the molecule is CCCn1c(N2CCN(c3ccccc3)CC2)c(/C=C2\SC(=S)N(C3CCS(=O)(=O)C3)C2=O)c(C)c(C#N)c1=O. The lowest BCUT2D eigenvalue weighted by Crippen LogP contribution is -2.48. The maximum absolute atomic E-state index is 13.5. The Balaban J connectivity index is 1.55. The third kappa shape index (κ3) is 5.30. The normalized spacial score (nSPS) is 21.9. The summed E-state index contributed by atoms with van der Waals surface area (Å²) in [7, 11) is -3.20. The van der Waals surface area contributed by atoms with E-state index < -0.39 is 15.9 Å². The molecule has 1 amide bonds. The Hall–Kier alpha value is -3.14. The van der Waals surface area contributed by atoms with Gasteiger partial charge >= 0.3 is 0 Å². The number of carbonyl (C=O) groups excluding carboxylic acids is 1. The Morgan fingerprint density at radius 2 is 1.80 bits per heavy atom. The number of hydrogen-bond acceptors (Lipinski definition) is 9. The quantitative estimate of drug-likeness (QED) is 0.367. The van der Waals surface area contributed by atoms with E-state index in [1.54, 1.807) is 17.6 Å². The van der Waals surface area contributed by atoms with Crippen LogP contribution >= 0.6 is 24.0 Å². The fourth-order valence-corrected chi connectivity index (χ4v) is 8.72. The Labute approximate surface area is 244 Å². The molecule has 2 aromatic rings. The first-order valence-electron chi connectivity index (χ1n) is 13.3. The number of aromatic nitrogens is 1. The van der Waals surface area contributed by atoms with Gasteiger partial charge in [0.1, 0.15) is 21.8 Å². The van der Waals surface area contributed by atoms with Gasteiger partial charge in [0.05, 0.1) is 22.5 Å². The summed E-state index contributed by atoms with van der Waals surface area (Å²) in [6, 6.07) is 11.8. The molecule has 0 aliphatic carbocycles. The average molecular weight is 598 g/mol. The molecule has 1 atom stereocenters. The van der Waals surface area contributed by atoms with Crippen molar-refractivity contribution in [3.63, 3.8) is 0 Å². The van der Waals surface area contributed by atoms with Gasteiger partial charge in [-0.05, 0) is 43.5 Å². The number of piperazine rings is 1. The third-order valence-electron chi connectivity index (χ3n) is 7.67. The molecule has 5 rings (SSSR count). The zero-order valence-corrected chi connectivity index (χ0v) is 24.9. The van der Waals surface area contributed by atoms with Crippen LogP contribution in [0.4, 0.5) is 11.5 Å². The number of benzene rings is 1. The maximum Gasteiger partial charge on any atom is 0.270 e. The number of nitriles is 1. The summed E-state index contributed by atoms with van der Waals surface area (Å²) in [6.07, 6.45) is 2.80. The summed E-state index contributed by atoms with van der Waals surface area (Å²) >= 11 is 6.66. The number of hydrogen-bond donors (Lipinski definition) is 0. The molecule has 0 radical (unpaired) electrons. The summed E-state index contributed by atoms with van der Waals surface area (Å²) in [6.45, 7) is 6.98. The molecule has 210 valence electrons. The smallest absolute Gasteiger partial charge is 0.270 e. The van der Waals surface area contributed by atoms with Crippen molar-refractivity contribution in [1.29, 1.82) is 5.26 Å². The minimum absolute atomic E-state index is 0.0412. The molecule has 0 N–H and O–H groups in total. The molecule has 1 unspecified atom stereocenters. The number of thiocarbonyl (C=S) groups is 1. The van der Waals surface area contributed by atoms with E-state index in [1.165, 1.54) is 4.90 Å². The molecular weight excluding hydrogens is 567 g/mol. The molecule has 3 aliphatic rings. The lowest BCUT2D eigenvalue weighted by molar-refractivity contribution is -0.123. The number of anilines is 2. The molecule has 0 spiro atoms. The molecule has 0 bridgehead atoms. The zero-order valence-electron chi connectivity index (χ0n) is 22.5. The van der Waals surface area contributed by atoms with E-state index >= 15 is 0 Å². The fourth-order valence-electron chi connectivity index (χ4n) is 5.64. The number of para-hydroxylation sites is 1. The van der Waals surface area contributed by atoms with Crippen LogP contribution in [0.2, 0.25) is 0 Å². The number of carbonyl (C=O) groups is 1. The summed E-state index contributed by atoms with van der Waals surface area (Å²) < 4.78 is 26.2. The van der Waals surface area contributed by atoms with Crippen LogP contribution in [0.5, 0.6) is 0 Å². The van der Waals surface area contributed by atoms with Gasteiger partial charge in [0, 0.05) is 44.0 Å². The molecule has 3 fully saturated rings. The summed E-state index contributed by atoms with van der Waals surface area (Å²) in [4.78, 5) is 33.3. The van der Waals surface area contributed by atoms with Gasteiger partial charge in [-0.3, -0.25) is 19.1 Å². The highest BCUT2D eigenvalue weighted by molar-refractivity contribution is 8.26. The predicted octanol–water partition coefficient (Wildman–Crippen LogP) is 3.15. The highest BCUT2D eigenvalue weighted by Gasteiger charge is 2.42. The number of rotatable bonds is 6. The molecular formula is C28H31N5O4S3. The number of thioether (sulfide) groups is 1. The Kier molecular flexibility index (Phi) is 8.08. The Morgan fingerprint density at radius 3 is 2.40 bits per heavy atom. The van der Waals surface area contributed by atoms with E-state index in [9.17, 15) is 23.3 Å². The lowest BCUT2D eigenvalue weighted by Gasteiger charge is -2.39. The van der Waals surface area contributed by atoms with Crippen LogP contribution in [0.25, 0.3) is 6.08 Å². The largest absolute Gasteiger partial charge is 0.368 e. The molecule has 4 heterocycles. The Bertz CT molecular complexity index is 1590. The van der Waals surface area contributed by atoms with Crippen LogP contribution in [-0.4, -0.2) is 71.8 Å². The first-order valence-corrected chi connectivity index (χ1v) is 16.4. The van der Waals surface area contributed by atoms with Gasteiger partial charge in [-0.25, -0.2) is 8.42 Å². The van der Waals surface area contributed by atoms with Gasteiger partial charge in [0.15, 0.2) is 9.84 Å². The van der Waals surface area contributed by atoms with E-state index in [4.69, 9.17) is 12.2 Å². The van der Waals surface area contributed by atoms with E-state index in [-0.39, 0.29) is 28.5 Å². The van der Waals surface area contributed by atoms with Crippen molar-refractivity contribution in [3.05, 3.63) is 62.3 Å². The second-order valence-corrected chi connectivity index (χ2v) is 14.1. The molecule has 3 aliphatic heterocycles. The van der Waals surface area contributed by atoms with Crippen molar-refractivity contribution in [2.24, 2.45) is 0 Å². The zero-order chi connectivity index (χ0) is 28.6. The van der Waals surface area contributed by atoms with Crippen molar-refractivity contribution in [3.8, 4) is 6.07 Å². The molecule has 0 saturated carbocycles. The Morgan fingerprint density at radius 1 is 1.12 bits per heavy atom. The minimum atomic E-state index is -3.20. The molecule has 1 aromatic heterocycles. The van der Waals surface area contributed by atoms with Crippen molar-refractivity contribution in [2.75, 3.05) is 47.5 Å². The van der Waals surface area contributed by atoms with Gasteiger partial charge < -0.3 is 9.80 Å². The van der Waals surface area contributed by atoms with E-state index in [0.29, 0.717) is 58.6 Å². The second kappa shape index (κ2) is 11.4. The summed E-state index contributed by atoms with van der Waals surface area (Å²) in [5.41, 5.74) is 2.04. The van der Waals surface area contributed by atoms with Crippen LogP contribution in [-0.2, 0) is 21.2 Å². The average Bonchev–Trinajstić information content (AvgIpc) is 3.44. The second-order valence-electron chi connectivity index (χ2n) is 10.2. The highest BCUT2D eigenvalue weighted by atomic mass is 32.2. The lowest BCUT2D eigenvalue weighted by atomic mass is 10.0. The van der Waals surface area contributed by atoms with E-state index in [1.807, 2.05) is 25.1 Å². The van der Waals surface area contributed by atoms with Crippen molar-refractivity contribution >= 4 is 61.6 Å². The molecule has 12 heteroatoms. The van der Waals surface area contributed by atoms with Crippen LogP contribution < -0.4 is 15.4 Å². The monoisotopic (exact) mass is 597 g/mol. The van der Waals surface area contributed by atoms with E-state index in [2.05, 4.69) is 28.0 Å². The molecule has 3 saturated heterocycles. The number of amides is 1. The molecule has 9 nitrogen and oxygen atoms in total. The summed E-state index contributed by atoms with van der Waals surface area (Å²) in [5, 5.41) is 9.91. The minimum Gasteiger partial charge on any atom is -0.368 e.